The van der Waals surface area contributed by atoms with Crippen molar-refractivity contribution in [3.05, 3.63) is 59.4 Å². The maximum absolute atomic E-state index is 12.7. The van der Waals surface area contributed by atoms with Crippen molar-refractivity contribution in [2.45, 2.75) is 19.3 Å². The van der Waals surface area contributed by atoms with Crippen LogP contribution in [0.3, 0.4) is 0 Å². The molecule has 2 aromatic rings. The minimum atomic E-state index is 0.175. The molecule has 0 unspecified atom stereocenters. The van der Waals surface area contributed by atoms with E-state index in [1.807, 2.05) is 35.5 Å². The summed E-state index contributed by atoms with van der Waals surface area (Å²) >= 11 is 0. The zero-order chi connectivity index (χ0) is 15.6. The molecule has 1 amide bonds. The highest BCUT2D eigenvalue weighted by molar-refractivity contribution is 5.94. The molecule has 4 rings (SSSR count). The first-order chi connectivity index (χ1) is 11.3. The third-order valence-electron chi connectivity index (χ3n) is 4.94. The van der Waals surface area contributed by atoms with E-state index >= 15 is 0 Å². The number of benzene rings is 1. The van der Waals surface area contributed by atoms with E-state index in [0.717, 1.165) is 44.6 Å². The highest BCUT2D eigenvalue weighted by atomic mass is 16.2. The lowest BCUT2D eigenvalue weighted by Gasteiger charge is -2.36. The molecule has 0 N–H and O–H groups in total. The zero-order valence-electron chi connectivity index (χ0n) is 13.2. The molecule has 0 atom stereocenters. The Morgan fingerprint density at radius 3 is 2.43 bits per heavy atom. The van der Waals surface area contributed by atoms with E-state index in [0.29, 0.717) is 0 Å². The fourth-order valence-corrected chi connectivity index (χ4v) is 3.61. The third-order valence-corrected chi connectivity index (χ3v) is 4.94. The number of hydrogen-bond donors (Lipinski definition) is 0. The number of hydrogen-bond acceptors (Lipinski definition) is 3. The van der Waals surface area contributed by atoms with Crippen LogP contribution in [0.2, 0.25) is 0 Å². The van der Waals surface area contributed by atoms with Crippen molar-refractivity contribution < 1.29 is 4.79 Å². The van der Waals surface area contributed by atoms with Gasteiger partial charge in [-0.25, -0.2) is 0 Å². The van der Waals surface area contributed by atoms with Crippen LogP contribution in [0.15, 0.2) is 42.7 Å². The third kappa shape index (κ3) is 2.81. The lowest BCUT2D eigenvalue weighted by Crippen LogP contribution is -2.48. The van der Waals surface area contributed by atoms with Crippen molar-refractivity contribution >= 4 is 11.6 Å². The smallest absolute Gasteiger partial charge is 0.253 e. The van der Waals surface area contributed by atoms with Gasteiger partial charge in [0.05, 0.1) is 0 Å². The number of nitrogens with zero attached hydrogens (tertiary/aromatic N) is 3. The summed E-state index contributed by atoms with van der Waals surface area (Å²) in [6.07, 6.45) is 7.13. The highest BCUT2D eigenvalue weighted by Gasteiger charge is 2.23. The number of piperazine rings is 1. The lowest BCUT2D eigenvalue weighted by molar-refractivity contribution is 0.0746. The molecule has 1 aliphatic heterocycles. The van der Waals surface area contributed by atoms with Gasteiger partial charge in [0, 0.05) is 49.8 Å². The van der Waals surface area contributed by atoms with Crippen molar-refractivity contribution in [2.24, 2.45) is 0 Å². The SMILES string of the molecule is O=C(c1ccc2c(c1)CCC2)N1CCN(c2ccncc2)CC1. The molecule has 1 aliphatic carbocycles. The second kappa shape index (κ2) is 6.03. The molecular formula is C19H21N3O. The van der Waals surface area contributed by atoms with Crippen LogP contribution < -0.4 is 4.90 Å². The van der Waals surface area contributed by atoms with Gasteiger partial charge in [0.15, 0.2) is 0 Å². The number of pyridine rings is 1. The van der Waals surface area contributed by atoms with Crippen LogP contribution in [-0.2, 0) is 12.8 Å². The summed E-state index contributed by atoms with van der Waals surface area (Å²) in [5, 5.41) is 0. The zero-order valence-corrected chi connectivity index (χ0v) is 13.2. The lowest BCUT2D eigenvalue weighted by atomic mass is 10.1. The Balaban J connectivity index is 1.43. The van der Waals surface area contributed by atoms with E-state index < -0.39 is 0 Å². The standard InChI is InChI=1S/C19H21N3O/c23-19(17-5-4-15-2-1-3-16(15)14-17)22-12-10-21(11-13-22)18-6-8-20-9-7-18/h4-9,14H,1-3,10-13H2. The van der Waals surface area contributed by atoms with Crippen molar-refractivity contribution in [3.8, 4) is 0 Å². The average molecular weight is 307 g/mol. The molecule has 0 saturated carbocycles. The van der Waals surface area contributed by atoms with Crippen LogP contribution in [0.4, 0.5) is 5.69 Å². The summed E-state index contributed by atoms with van der Waals surface area (Å²) in [7, 11) is 0. The van der Waals surface area contributed by atoms with Crippen LogP contribution in [0.25, 0.3) is 0 Å². The minimum absolute atomic E-state index is 0.175. The Labute approximate surface area is 136 Å². The Bertz CT molecular complexity index is 706. The number of carbonyl (C=O) groups is 1. The quantitative estimate of drug-likeness (QED) is 0.855. The maximum atomic E-state index is 12.7. The van der Waals surface area contributed by atoms with E-state index in [9.17, 15) is 4.79 Å². The fraction of sp³-hybridized carbons (Fsp3) is 0.368. The van der Waals surface area contributed by atoms with Crippen LogP contribution in [0, 0.1) is 0 Å². The van der Waals surface area contributed by atoms with Crippen molar-refractivity contribution in [1.29, 1.82) is 0 Å². The number of rotatable bonds is 2. The monoisotopic (exact) mass is 307 g/mol. The Morgan fingerprint density at radius 2 is 1.65 bits per heavy atom. The predicted molar refractivity (Wildman–Crippen MR) is 90.8 cm³/mol. The molecule has 118 valence electrons. The van der Waals surface area contributed by atoms with Gasteiger partial charge in [0.25, 0.3) is 5.91 Å². The van der Waals surface area contributed by atoms with Crippen molar-refractivity contribution in [3.63, 3.8) is 0 Å². The minimum Gasteiger partial charge on any atom is -0.368 e. The van der Waals surface area contributed by atoms with Crippen LogP contribution >= 0.6 is 0 Å². The second-order valence-corrected chi connectivity index (χ2v) is 6.32. The molecule has 2 heterocycles. The van der Waals surface area contributed by atoms with E-state index in [1.165, 1.54) is 23.2 Å². The summed E-state index contributed by atoms with van der Waals surface area (Å²) in [6.45, 7) is 3.30. The van der Waals surface area contributed by atoms with E-state index in [-0.39, 0.29) is 5.91 Å². The highest BCUT2D eigenvalue weighted by Crippen LogP contribution is 2.24. The van der Waals surface area contributed by atoms with Gasteiger partial charge >= 0.3 is 0 Å². The summed E-state index contributed by atoms with van der Waals surface area (Å²) < 4.78 is 0. The second-order valence-electron chi connectivity index (χ2n) is 6.32. The maximum Gasteiger partial charge on any atom is 0.253 e. The van der Waals surface area contributed by atoms with Gasteiger partial charge in [-0.05, 0) is 54.7 Å². The number of fused-ring (bicyclic) bond motifs is 1. The molecule has 23 heavy (non-hydrogen) atoms. The van der Waals surface area contributed by atoms with E-state index in [1.54, 1.807) is 0 Å². The Morgan fingerprint density at radius 1 is 0.913 bits per heavy atom. The first-order valence-corrected chi connectivity index (χ1v) is 8.37. The van der Waals surface area contributed by atoms with Gasteiger partial charge in [-0.1, -0.05) is 6.07 Å². The first kappa shape index (κ1) is 14.2. The number of aryl methyl sites for hydroxylation is 2. The Hall–Kier alpha value is -2.36. The van der Waals surface area contributed by atoms with E-state index in [2.05, 4.69) is 22.0 Å². The molecule has 0 radical (unpaired) electrons. The van der Waals surface area contributed by atoms with Gasteiger partial charge in [0.2, 0.25) is 0 Å². The normalized spacial score (nSPS) is 17.2. The number of anilines is 1. The number of aromatic nitrogens is 1. The van der Waals surface area contributed by atoms with Crippen molar-refractivity contribution in [2.75, 3.05) is 31.1 Å². The van der Waals surface area contributed by atoms with Gasteiger partial charge in [-0.3, -0.25) is 9.78 Å². The molecule has 1 aromatic heterocycles. The topological polar surface area (TPSA) is 36.4 Å². The number of amides is 1. The Kier molecular flexibility index (Phi) is 3.74. The predicted octanol–water partition coefficient (Wildman–Crippen LogP) is 2.53. The summed E-state index contributed by atoms with van der Waals surface area (Å²) in [4.78, 5) is 21.1. The molecule has 1 fully saturated rings. The van der Waals surface area contributed by atoms with Crippen LogP contribution in [0.5, 0.6) is 0 Å². The molecular weight excluding hydrogens is 286 g/mol. The molecule has 1 saturated heterocycles. The van der Waals surface area contributed by atoms with Gasteiger partial charge in [-0.2, -0.15) is 0 Å². The van der Waals surface area contributed by atoms with Crippen LogP contribution in [-0.4, -0.2) is 42.0 Å². The van der Waals surface area contributed by atoms with Gasteiger partial charge < -0.3 is 9.80 Å². The molecule has 0 bridgehead atoms. The van der Waals surface area contributed by atoms with Gasteiger partial charge in [-0.15, -0.1) is 0 Å². The molecule has 0 spiro atoms. The summed E-state index contributed by atoms with van der Waals surface area (Å²) in [5.74, 6) is 0.175. The average Bonchev–Trinajstić information content (AvgIpc) is 3.10. The van der Waals surface area contributed by atoms with Crippen LogP contribution in [0.1, 0.15) is 27.9 Å². The van der Waals surface area contributed by atoms with Gasteiger partial charge in [0.1, 0.15) is 0 Å². The number of carbonyl (C=O) groups excluding carboxylic acids is 1. The molecule has 2 aliphatic rings. The van der Waals surface area contributed by atoms with E-state index in [4.69, 9.17) is 0 Å². The molecule has 4 heteroatoms. The summed E-state index contributed by atoms with van der Waals surface area (Å²) in [6, 6.07) is 10.3. The first-order valence-electron chi connectivity index (χ1n) is 8.37. The largest absolute Gasteiger partial charge is 0.368 e. The van der Waals surface area contributed by atoms with Crippen molar-refractivity contribution in [1.82, 2.24) is 9.88 Å². The molecule has 4 nitrogen and oxygen atoms in total. The molecule has 1 aromatic carbocycles. The summed E-state index contributed by atoms with van der Waals surface area (Å²) in [5.41, 5.74) is 4.82. The fourth-order valence-electron chi connectivity index (χ4n) is 3.61.